The third-order valence-corrected chi connectivity index (χ3v) is 4.41. The van der Waals surface area contributed by atoms with Crippen LogP contribution in [0.1, 0.15) is 37.0 Å². The Bertz CT molecular complexity index is 477. The molecule has 1 fully saturated rings. The van der Waals surface area contributed by atoms with Crippen LogP contribution < -0.4 is 4.74 Å². The minimum absolute atomic E-state index is 0.103. The Morgan fingerprint density at radius 3 is 2.81 bits per heavy atom. The Morgan fingerprint density at radius 2 is 2.14 bits per heavy atom. The van der Waals surface area contributed by atoms with Gasteiger partial charge < -0.3 is 14.6 Å². The van der Waals surface area contributed by atoms with Crippen LogP contribution in [0, 0.1) is 6.92 Å². The minimum atomic E-state index is -0.543. The normalized spacial score (nSPS) is 24.8. The van der Waals surface area contributed by atoms with E-state index in [0.717, 1.165) is 42.8 Å². The number of aliphatic hydroxyl groups is 1. The molecule has 118 valence electrons. The summed E-state index contributed by atoms with van der Waals surface area (Å²) in [5, 5.41) is 10.6. The molecule has 0 bridgehead atoms. The Balaban J connectivity index is 2.07. The summed E-state index contributed by atoms with van der Waals surface area (Å²) >= 11 is 0. The Hall–Kier alpha value is -1.10. The van der Waals surface area contributed by atoms with Crippen LogP contribution in [0.25, 0.3) is 0 Å². The fraction of sp³-hybridized carbons (Fsp3) is 0.647. The van der Waals surface area contributed by atoms with Crippen molar-refractivity contribution in [3.05, 3.63) is 29.3 Å². The van der Waals surface area contributed by atoms with E-state index in [-0.39, 0.29) is 5.60 Å². The van der Waals surface area contributed by atoms with E-state index in [1.807, 2.05) is 25.1 Å². The van der Waals surface area contributed by atoms with E-state index in [0.29, 0.717) is 6.54 Å². The van der Waals surface area contributed by atoms with E-state index in [2.05, 4.69) is 11.8 Å². The number of likely N-dealkylation sites (tertiary alicyclic amines) is 1. The molecule has 2 atom stereocenters. The maximum absolute atomic E-state index is 10.6. The quantitative estimate of drug-likeness (QED) is 0.906. The molecule has 1 heterocycles. The Kier molecular flexibility index (Phi) is 5.25. The number of aryl methyl sites for hydroxylation is 1. The molecule has 1 aliphatic rings. The number of hydrogen-bond acceptors (Lipinski definition) is 4. The van der Waals surface area contributed by atoms with Crippen molar-refractivity contribution in [3.8, 4) is 5.75 Å². The lowest BCUT2D eigenvalue weighted by molar-refractivity contribution is -0.0587. The number of piperidine rings is 1. The predicted molar refractivity (Wildman–Crippen MR) is 83.8 cm³/mol. The molecule has 0 aliphatic carbocycles. The summed E-state index contributed by atoms with van der Waals surface area (Å²) in [5.74, 6) is 0.750. The first kappa shape index (κ1) is 16.3. The van der Waals surface area contributed by atoms with Crippen molar-refractivity contribution in [3.63, 3.8) is 0 Å². The Morgan fingerprint density at radius 1 is 1.38 bits per heavy atom. The highest BCUT2D eigenvalue weighted by atomic mass is 16.5. The summed E-state index contributed by atoms with van der Waals surface area (Å²) in [4.78, 5) is 2.28. The summed E-state index contributed by atoms with van der Waals surface area (Å²) in [6.45, 7) is 6.63. The molecule has 1 aliphatic heterocycles. The van der Waals surface area contributed by atoms with Gasteiger partial charge in [0.1, 0.15) is 5.75 Å². The van der Waals surface area contributed by atoms with Gasteiger partial charge in [-0.05, 0) is 45.4 Å². The van der Waals surface area contributed by atoms with E-state index < -0.39 is 6.10 Å². The summed E-state index contributed by atoms with van der Waals surface area (Å²) in [6.07, 6.45) is 1.63. The van der Waals surface area contributed by atoms with Gasteiger partial charge in [0.15, 0.2) is 0 Å². The molecule has 1 N–H and O–H groups in total. The second kappa shape index (κ2) is 6.77. The van der Waals surface area contributed by atoms with Crippen LogP contribution in [0.15, 0.2) is 18.2 Å². The smallest absolute Gasteiger partial charge is 0.124 e. The zero-order valence-electron chi connectivity index (χ0n) is 13.6. The first-order valence-electron chi connectivity index (χ1n) is 7.57. The van der Waals surface area contributed by atoms with Crippen molar-refractivity contribution in [2.24, 2.45) is 0 Å². The molecule has 1 aromatic carbocycles. The molecule has 21 heavy (non-hydrogen) atoms. The van der Waals surface area contributed by atoms with Gasteiger partial charge in [0.25, 0.3) is 0 Å². The van der Waals surface area contributed by atoms with Gasteiger partial charge in [0.05, 0.1) is 18.8 Å². The number of β-amino-alcohol motifs (C(OH)–C–C–N with tert-alkyl or cyclic N) is 1. The summed E-state index contributed by atoms with van der Waals surface area (Å²) in [7, 11) is 3.41. The lowest BCUT2D eigenvalue weighted by Crippen LogP contribution is -2.48. The maximum Gasteiger partial charge on any atom is 0.124 e. The number of aliphatic hydroxyl groups excluding tert-OH is 1. The number of methoxy groups -OCH3 is 2. The second-order valence-electron chi connectivity index (χ2n) is 6.25. The van der Waals surface area contributed by atoms with Crippen LogP contribution in [-0.2, 0) is 4.74 Å². The molecule has 4 nitrogen and oxygen atoms in total. The molecule has 1 aromatic rings. The predicted octanol–water partition coefficient (Wildman–Crippen LogP) is 2.54. The summed E-state index contributed by atoms with van der Waals surface area (Å²) in [6, 6.07) is 5.92. The molecular formula is C17H27NO3. The fourth-order valence-corrected chi connectivity index (χ4v) is 3.09. The number of benzene rings is 1. The Labute approximate surface area is 127 Å². The molecule has 0 saturated carbocycles. The van der Waals surface area contributed by atoms with Crippen molar-refractivity contribution < 1.29 is 14.6 Å². The number of ether oxygens (including phenoxy) is 2. The van der Waals surface area contributed by atoms with Crippen LogP contribution in [0.5, 0.6) is 5.75 Å². The van der Waals surface area contributed by atoms with Gasteiger partial charge in [-0.3, -0.25) is 4.90 Å². The third-order valence-electron chi connectivity index (χ3n) is 4.41. The number of nitrogens with zero attached hydrogens (tertiary/aromatic N) is 1. The molecule has 2 unspecified atom stereocenters. The standard InChI is InChI=1S/C17H27NO3/c1-13-6-7-16(20-3)14(10-13)15(19)11-18-9-5-8-17(2,12-18)21-4/h6-7,10,15,19H,5,8-9,11-12H2,1-4H3. The topological polar surface area (TPSA) is 41.9 Å². The van der Waals surface area contributed by atoms with E-state index in [9.17, 15) is 5.11 Å². The molecule has 0 spiro atoms. The summed E-state index contributed by atoms with van der Waals surface area (Å²) in [5.41, 5.74) is 1.89. The highest BCUT2D eigenvalue weighted by molar-refractivity contribution is 5.38. The van der Waals surface area contributed by atoms with E-state index >= 15 is 0 Å². The lowest BCUT2D eigenvalue weighted by atomic mass is 9.94. The first-order valence-corrected chi connectivity index (χ1v) is 7.57. The van der Waals surface area contributed by atoms with Crippen molar-refractivity contribution in [1.29, 1.82) is 0 Å². The monoisotopic (exact) mass is 293 g/mol. The molecule has 2 rings (SSSR count). The molecule has 0 radical (unpaired) electrons. The van der Waals surface area contributed by atoms with Crippen molar-refractivity contribution in [2.75, 3.05) is 33.9 Å². The third kappa shape index (κ3) is 3.96. The van der Waals surface area contributed by atoms with E-state index in [1.165, 1.54) is 0 Å². The van der Waals surface area contributed by atoms with Crippen molar-refractivity contribution in [1.82, 2.24) is 4.90 Å². The van der Waals surface area contributed by atoms with Crippen LogP contribution in [0.4, 0.5) is 0 Å². The van der Waals surface area contributed by atoms with Gasteiger partial charge in [0, 0.05) is 25.8 Å². The van der Waals surface area contributed by atoms with Gasteiger partial charge in [0.2, 0.25) is 0 Å². The van der Waals surface area contributed by atoms with E-state index in [4.69, 9.17) is 9.47 Å². The highest BCUT2D eigenvalue weighted by Crippen LogP contribution is 2.29. The molecule has 0 amide bonds. The lowest BCUT2D eigenvalue weighted by Gasteiger charge is -2.40. The summed E-state index contributed by atoms with van der Waals surface area (Å²) < 4.78 is 11.0. The molecule has 1 saturated heterocycles. The average molecular weight is 293 g/mol. The van der Waals surface area contributed by atoms with Crippen LogP contribution in [0.3, 0.4) is 0 Å². The number of rotatable bonds is 5. The van der Waals surface area contributed by atoms with E-state index in [1.54, 1.807) is 14.2 Å². The average Bonchev–Trinajstić information content (AvgIpc) is 2.47. The molecular weight excluding hydrogens is 266 g/mol. The maximum atomic E-state index is 10.6. The van der Waals surface area contributed by atoms with Gasteiger partial charge in [-0.1, -0.05) is 11.6 Å². The van der Waals surface area contributed by atoms with Gasteiger partial charge >= 0.3 is 0 Å². The van der Waals surface area contributed by atoms with Crippen LogP contribution in [0.2, 0.25) is 0 Å². The molecule has 4 heteroatoms. The number of hydrogen-bond donors (Lipinski definition) is 1. The van der Waals surface area contributed by atoms with Crippen molar-refractivity contribution >= 4 is 0 Å². The molecule has 0 aromatic heterocycles. The second-order valence-corrected chi connectivity index (χ2v) is 6.25. The fourth-order valence-electron chi connectivity index (χ4n) is 3.09. The van der Waals surface area contributed by atoms with Crippen LogP contribution in [-0.4, -0.2) is 49.5 Å². The van der Waals surface area contributed by atoms with Gasteiger partial charge in [-0.25, -0.2) is 0 Å². The van der Waals surface area contributed by atoms with Gasteiger partial charge in [-0.2, -0.15) is 0 Å². The largest absolute Gasteiger partial charge is 0.496 e. The highest BCUT2D eigenvalue weighted by Gasteiger charge is 2.31. The first-order chi connectivity index (χ1) is 9.97. The minimum Gasteiger partial charge on any atom is -0.496 e. The van der Waals surface area contributed by atoms with Crippen LogP contribution >= 0.6 is 0 Å². The zero-order valence-corrected chi connectivity index (χ0v) is 13.6. The van der Waals surface area contributed by atoms with Crippen molar-refractivity contribution in [2.45, 2.75) is 38.4 Å². The SMILES string of the molecule is COc1ccc(C)cc1C(O)CN1CCCC(C)(OC)C1. The zero-order chi connectivity index (χ0) is 15.5. The van der Waals surface area contributed by atoms with Gasteiger partial charge in [-0.15, -0.1) is 0 Å².